The quantitative estimate of drug-likeness (QED) is 0.497. The second-order valence-corrected chi connectivity index (χ2v) is 8.07. The normalized spacial score (nSPS) is 11.0. The van der Waals surface area contributed by atoms with Crippen LogP contribution in [0.25, 0.3) is 0 Å². The van der Waals surface area contributed by atoms with Gasteiger partial charge in [0.25, 0.3) is 5.91 Å². The number of hydrogen-bond acceptors (Lipinski definition) is 1. The summed E-state index contributed by atoms with van der Waals surface area (Å²) in [6, 6.07) is 19.8. The van der Waals surface area contributed by atoms with Gasteiger partial charge >= 0.3 is 0 Å². The van der Waals surface area contributed by atoms with Gasteiger partial charge in [-0.05, 0) is 48.7 Å². The summed E-state index contributed by atoms with van der Waals surface area (Å²) >= 11 is 6.33. The van der Waals surface area contributed by atoms with Crippen molar-refractivity contribution in [2.75, 3.05) is 6.54 Å². The standard InChI is InChI=1S/C24H27ClN2O/c1-18(2)15-27(24(28)20-12-10-19(3)11-13-20)17-22-8-6-14-26(22)16-21-7-4-5-9-23(21)25/h4-14,18H,15-17H2,1-3H3. The molecule has 1 aromatic heterocycles. The second-order valence-electron chi connectivity index (χ2n) is 7.66. The van der Waals surface area contributed by atoms with Gasteiger partial charge in [-0.3, -0.25) is 4.79 Å². The molecule has 0 unspecified atom stereocenters. The second kappa shape index (κ2) is 9.11. The Balaban J connectivity index is 1.82. The van der Waals surface area contributed by atoms with E-state index in [1.54, 1.807) is 0 Å². The number of halogens is 1. The fraction of sp³-hybridized carbons (Fsp3) is 0.292. The van der Waals surface area contributed by atoms with Gasteiger partial charge in [0, 0.05) is 35.6 Å². The number of carbonyl (C=O) groups excluding carboxylic acids is 1. The van der Waals surface area contributed by atoms with Crippen LogP contribution in [-0.2, 0) is 13.1 Å². The maximum atomic E-state index is 13.1. The lowest BCUT2D eigenvalue weighted by Crippen LogP contribution is -2.34. The molecule has 146 valence electrons. The summed E-state index contributed by atoms with van der Waals surface area (Å²) in [5.41, 5.74) is 4.05. The Labute approximate surface area is 172 Å². The van der Waals surface area contributed by atoms with Gasteiger partial charge in [0.1, 0.15) is 0 Å². The third-order valence-corrected chi connectivity index (χ3v) is 5.11. The summed E-state index contributed by atoms with van der Waals surface area (Å²) in [4.78, 5) is 15.1. The molecule has 3 aromatic rings. The molecule has 0 fully saturated rings. The number of hydrogen-bond donors (Lipinski definition) is 0. The lowest BCUT2D eigenvalue weighted by molar-refractivity contribution is 0.0718. The SMILES string of the molecule is Cc1ccc(C(=O)N(Cc2cccn2Cc2ccccc2Cl)CC(C)C)cc1. The molecular formula is C24H27ClN2O. The van der Waals surface area contributed by atoms with E-state index >= 15 is 0 Å². The molecule has 2 aromatic carbocycles. The maximum absolute atomic E-state index is 13.1. The fourth-order valence-corrected chi connectivity index (χ4v) is 3.49. The summed E-state index contributed by atoms with van der Waals surface area (Å²) in [7, 11) is 0. The minimum atomic E-state index is 0.0687. The molecule has 0 saturated heterocycles. The zero-order valence-electron chi connectivity index (χ0n) is 16.7. The van der Waals surface area contributed by atoms with Gasteiger partial charge in [-0.1, -0.05) is 61.3 Å². The van der Waals surface area contributed by atoms with Crippen LogP contribution in [-0.4, -0.2) is 21.9 Å². The molecule has 0 bridgehead atoms. The fourth-order valence-electron chi connectivity index (χ4n) is 3.29. The van der Waals surface area contributed by atoms with Crippen molar-refractivity contribution in [3.05, 3.63) is 94.3 Å². The van der Waals surface area contributed by atoms with Gasteiger partial charge in [0.2, 0.25) is 0 Å². The van der Waals surface area contributed by atoms with E-state index in [1.165, 1.54) is 0 Å². The third-order valence-electron chi connectivity index (χ3n) is 4.75. The van der Waals surface area contributed by atoms with Crippen molar-refractivity contribution in [3.8, 4) is 0 Å². The van der Waals surface area contributed by atoms with Crippen molar-refractivity contribution in [1.29, 1.82) is 0 Å². The zero-order chi connectivity index (χ0) is 20.1. The van der Waals surface area contributed by atoms with Crippen LogP contribution in [0.1, 0.15) is 41.0 Å². The minimum absolute atomic E-state index is 0.0687. The average molecular weight is 395 g/mol. The van der Waals surface area contributed by atoms with E-state index < -0.39 is 0 Å². The number of aromatic nitrogens is 1. The number of aryl methyl sites for hydroxylation is 1. The molecule has 0 saturated carbocycles. The highest BCUT2D eigenvalue weighted by atomic mass is 35.5. The van der Waals surface area contributed by atoms with Crippen molar-refractivity contribution in [2.24, 2.45) is 5.92 Å². The zero-order valence-corrected chi connectivity index (χ0v) is 17.5. The molecule has 1 heterocycles. The third kappa shape index (κ3) is 5.05. The van der Waals surface area contributed by atoms with Crippen LogP contribution in [0.4, 0.5) is 0 Å². The molecule has 4 heteroatoms. The van der Waals surface area contributed by atoms with Crippen LogP contribution in [0.3, 0.4) is 0 Å². The van der Waals surface area contributed by atoms with E-state index in [4.69, 9.17) is 11.6 Å². The van der Waals surface area contributed by atoms with Crippen LogP contribution in [0, 0.1) is 12.8 Å². The minimum Gasteiger partial charge on any atom is -0.345 e. The number of carbonyl (C=O) groups is 1. The molecule has 0 aliphatic carbocycles. The van der Waals surface area contributed by atoms with Crippen molar-refractivity contribution < 1.29 is 4.79 Å². The Morgan fingerprint density at radius 1 is 1.04 bits per heavy atom. The van der Waals surface area contributed by atoms with Gasteiger partial charge < -0.3 is 9.47 Å². The van der Waals surface area contributed by atoms with Crippen LogP contribution < -0.4 is 0 Å². The molecule has 0 radical (unpaired) electrons. The first-order valence-electron chi connectivity index (χ1n) is 9.67. The van der Waals surface area contributed by atoms with Crippen LogP contribution in [0.15, 0.2) is 66.9 Å². The van der Waals surface area contributed by atoms with Crippen LogP contribution in [0.5, 0.6) is 0 Å². The van der Waals surface area contributed by atoms with Crippen LogP contribution >= 0.6 is 11.6 Å². The Bertz CT molecular complexity index is 928. The van der Waals surface area contributed by atoms with Gasteiger partial charge in [-0.25, -0.2) is 0 Å². The van der Waals surface area contributed by atoms with E-state index in [9.17, 15) is 4.79 Å². The summed E-state index contributed by atoms with van der Waals surface area (Å²) in [6.07, 6.45) is 2.04. The average Bonchev–Trinajstić information content (AvgIpc) is 3.09. The lowest BCUT2D eigenvalue weighted by atomic mass is 10.1. The van der Waals surface area contributed by atoms with E-state index in [0.29, 0.717) is 25.6 Å². The summed E-state index contributed by atoms with van der Waals surface area (Å²) in [5.74, 6) is 0.459. The first-order chi connectivity index (χ1) is 13.4. The molecule has 0 aliphatic heterocycles. The van der Waals surface area contributed by atoms with Gasteiger partial charge in [-0.15, -0.1) is 0 Å². The molecule has 0 atom stereocenters. The first-order valence-corrected chi connectivity index (χ1v) is 10.0. The van der Waals surface area contributed by atoms with Gasteiger partial charge in [0.05, 0.1) is 6.54 Å². The predicted octanol–water partition coefficient (Wildman–Crippen LogP) is 5.80. The topological polar surface area (TPSA) is 25.2 Å². The lowest BCUT2D eigenvalue weighted by Gasteiger charge is -2.25. The monoisotopic (exact) mass is 394 g/mol. The first kappa shape index (κ1) is 20.2. The Morgan fingerprint density at radius 2 is 1.75 bits per heavy atom. The predicted molar refractivity (Wildman–Crippen MR) is 116 cm³/mol. The van der Waals surface area contributed by atoms with Gasteiger partial charge in [-0.2, -0.15) is 0 Å². The highest BCUT2D eigenvalue weighted by Crippen LogP contribution is 2.19. The molecular weight excluding hydrogens is 368 g/mol. The smallest absolute Gasteiger partial charge is 0.254 e. The van der Waals surface area contributed by atoms with Gasteiger partial charge in [0.15, 0.2) is 0 Å². The maximum Gasteiger partial charge on any atom is 0.254 e. The molecule has 0 N–H and O–H groups in total. The highest BCUT2D eigenvalue weighted by Gasteiger charge is 2.19. The largest absolute Gasteiger partial charge is 0.345 e. The molecule has 0 aliphatic rings. The molecule has 0 spiro atoms. The summed E-state index contributed by atoms with van der Waals surface area (Å²) < 4.78 is 2.16. The molecule has 3 rings (SSSR count). The van der Waals surface area contributed by atoms with E-state index in [2.05, 4.69) is 24.5 Å². The van der Waals surface area contributed by atoms with E-state index in [0.717, 1.165) is 27.4 Å². The van der Waals surface area contributed by atoms with E-state index in [-0.39, 0.29) is 5.91 Å². The van der Waals surface area contributed by atoms with Crippen molar-refractivity contribution in [1.82, 2.24) is 9.47 Å². The number of benzene rings is 2. The summed E-state index contributed by atoms with van der Waals surface area (Å²) in [5, 5.41) is 0.761. The van der Waals surface area contributed by atoms with Crippen molar-refractivity contribution in [2.45, 2.75) is 33.9 Å². The van der Waals surface area contributed by atoms with Crippen molar-refractivity contribution in [3.63, 3.8) is 0 Å². The van der Waals surface area contributed by atoms with Crippen LogP contribution in [0.2, 0.25) is 5.02 Å². The Morgan fingerprint density at radius 3 is 2.43 bits per heavy atom. The Hall–Kier alpha value is -2.52. The molecule has 1 amide bonds. The van der Waals surface area contributed by atoms with E-state index in [1.807, 2.05) is 72.6 Å². The molecule has 28 heavy (non-hydrogen) atoms. The summed E-state index contributed by atoms with van der Waals surface area (Å²) in [6.45, 7) is 8.28. The number of amides is 1. The number of nitrogens with zero attached hydrogens (tertiary/aromatic N) is 2. The van der Waals surface area contributed by atoms with Crippen molar-refractivity contribution >= 4 is 17.5 Å². The highest BCUT2D eigenvalue weighted by molar-refractivity contribution is 6.31. The Kier molecular flexibility index (Phi) is 6.58. The number of rotatable bonds is 7. The molecule has 3 nitrogen and oxygen atoms in total.